The molecule has 0 spiro atoms. The van der Waals surface area contributed by atoms with Gasteiger partial charge in [-0.15, -0.1) is 0 Å². The number of nitrogens with zero attached hydrogens (tertiary/aromatic N) is 7. The molecular weight excluding hydrogens is 588 g/mol. The second-order valence-electron chi connectivity index (χ2n) is 12.7. The largest absolute Gasteiger partial charge is 0.462 e. The van der Waals surface area contributed by atoms with E-state index in [1.807, 2.05) is 25.1 Å². The third-order valence-corrected chi connectivity index (χ3v) is 9.32. The summed E-state index contributed by atoms with van der Waals surface area (Å²) in [6.45, 7) is 18.0. The number of alkyl halides is 2. The molecule has 1 aliphatic carbocycles. The number of aromatic nitrogens is 2. The first-order chi connectivity index (χ1) is 22.2. The summed E-state index contributed by atoms with van der Waals surface area (Å²) in [6.07, 6.45) is 1.90. The molecule has 11 heteroatoms. The van der Waals surface area contributed by atoms with Gasteiger partial charge < -0.3 is 29.2 Å². The van der Waals surface area contributed by atoms with Crippen LogP contribution in [0.4, 0.5) is 20.3 Å². The Morgan fingerprint density at radius 2 is 2.04 bits per heavy atom. The zero-order valence-corrected chi connectivity index (χ0v) is 26.6. The maximum Gasteiger partial charge on any atom is 0.318 e. The maximum absolute atomic E-state index is 14.0. The van der Waals surface area contributed by atoms with E-state index < -0.39 is 6.43 Å². The first-order valence-corrected chi connectivity index (χ1v) is 16.0. The fraction of sp³-hybridized carbons (Fsp3) is 0.486. The van der Waals surface area contributed by atoms with E-state index in [0.29, 0.717) is 45.8 Å². The molecule has 0 radical (unpaired) electrons. The van der Waals surface area contributed by atoms with Gasteiger partial charge in [0.15, 0.2) is 0 Å². The van der Waals surface area contributed by atoms with Crippen molar-refractivity contribution in [2.75, 3.05) is 69.3 Å². The van der Waals surface area contributed by atoms with Crippen molar-refractivity contribution in [1.82, 2.24) is 19.8 Å². The zero-order valence-electron chi connectivity index (χ0n) is 26.6. The highest BCUT2D eigenvalue weighted by atomic mass is 19.3. The highest BCUT2D eigenvalue weighted by Gasteiger charge is 2.35. The summed E-state index contributed by atoms with van der Waals surface area (Å²) in [7, 11) is 2.10. The Kier molecular flexibility index (Phi) is 9.36. The van der Waals surface area contributed by atoms with Crippen LogP contribution in [0.1, 0.15) is 41.7 Å². The van der Waals surface area contributed by atoms with Crippen LogP contribution in [0.3, 0.4) is 0 Å². The molecule has 242 valence electrons. The maximum atomic E-state index is 14.0. The average Bonchev–Trinajstić information content (AvgIpc) is 3.87. The molecule has 3 aromatic rings. The number of anilines is 2. The number of benzene rings is 2. The number of halogens is 2. The van der Waals surface area contributed by atoms with Gasteiger partial charge in [-0.2, -0.15) is 9.97 Å². The van der Waals surface area contributed by atoms with Gasteiger partial charge in [-0.1, -0.05) is 24.8 Å². The second-order valence-corrected chi connectivity index (χ2v) is 12.7. The molecule has 1 aromatic heterocycles. The van der Waals surface area contributed by atoms with Crippen molar-refractivity contribution in [2.45, 2.75) is 45.2 Å². The van der Waals surface area contributed by atoms with Crippen molar-refractivity contribution in [3.8, 4) is 6.01 Å². The third kappa shape index (κ3) is 6.77. The number of amides is 1. The topological polar surface area (TPSA) is 69.4 Å². The molecule has 6 rings (SSSR count). The summed E-state index contributed by atoms with van der Waals surface area (Å²) in [5, 5.41) is 1.75. The first kappa shape index (κ1) is 31.7. The quantitative estimate of drug-likeness (QED) is 0.211. The summed E-state index contributed by atoms with van der Waals surface area (Å²) < 4.78 is 34.2. The van der Waals surface area contributed by atoms with E-state index in [9.17, 15) is 13.6 Å². The number of fused-ring (bicyclic) bond motifs is 2. The van der Waals surface area contributed by atoms with Gasteiger partial charge in [0.05, 0.1) is 12.2 Å². The molecule has 1 saturated heterocycles. The van der Waals surface area contributed by atoms with Crippen molar-refractivity contribution in [1.29, 1.82) is 0 Å². The van der Waals surface area contributed by atoms with Crippen LogP contribution in [0.25, 0.3) is 15.6 Å². The molecule has 0 unspecified atom stereocenters. The van der Waals surface area contributed by atoms with Crippen LogP contribution in [-0.4, -0.2) is 91.2 Å². The van der Waals surface area contributed by atoms with Gasteiger partial charge in [0.2, 0.25) is 12.5 Å². The van der Waals surface area contributed by atoms with Gasteiger partial charge in [0.1, 0.15) is 18.5 Å². The van der Waals surface area contributed by atoms with Crippen LogP contribution in [-0.2, 0) is 17.8 Å². The molecular formula is C35H41F2N7O2. The minimum atomic E-state index is -2.58. The number of carbonyl (C=O) groups is 1. The van der Waals surface area contributed by atoms with Crippen LogP contribution >= 0.6 is 0 Å². The highest BCUT2D eigenvalue weighted by Crippen LogP contribution is 2.38. The number of rotatable bonds is 11. The number of aryl methyl sites for hydroxylation is 1. The number of hydrogen-bond donors (Lipinski definition) is 0. The summed E-state index contributed by atoms with van der Waals surface area (Å²) >= 11 is 0. The third-order valence-electron chi connectivity index (χ3n) is 9.32. The fourth-order valence-electron chi connectivity index (χ4n) is 6.75. The molecule has 1 saturated carbocycles. The minimum absolute atomic E-state index is 0.000551. The number of hydrogen-bond acceptors (Lipinski definition) is 7. The molecule has 2 fully saturated rings. The number of piperazine rings is 1. The van der Waals surface area contributed by atoms with Crippen LogP contribution < -0.4 is 14.5 Å². The second kappa shape index (κ2) is 13.6. The molecule has 9 nitrogen and oxygen atoms in total. The first-order valence-electron chi connectivity index (χ1n) is 16.0. The number of likely N-dealkylation sites (N-methyl/N-ethyl adjacent to an activating group) is 1. The monoisotopic (exact) mass is 629 g/mol. The molecule has 1 atom stereocenters. The van der Waals surface area contributed by atoms with Crippen LogP contribution in [0.5, 0.6) is 6.01 Å². The lowest BCUT2D eigenvalue weighted by molar-refractivity contribution is -0.128. The van der Waals surface area contributed by atoms with E-state index in [-0.39, 0.29) is 30.1 Å². The Morgan fingerprint density at radius 1 is 1.22 bits per heavy atom. The molecule has 3 aliphatic rings. The van der Waals surface area contributed by atoms with Gasteiger partial charge in [0, 0.05) is 61.5 Å². The van der Waals surface area contributed by atoms with E-state index >= 15 is 0 Å². The van der Waals surface area contributed by atoms with Gasteiger partial charge in [-0.05, 0) is 68.3 Å². The van der Waals surface area contributed by atoms with Crippen molar-refractivity contribution < 1.29 is 18.3 Å². The molecule has 2 aromatic carbocycles. The van der Waals surface area contributed by atoms with E-state index in [2.05, 4.69) is 33.2 Å². The van der Waals surface area contributed by atoms with E-state index in [1.54, 1.807) is 17.0 Å². The van der Waals surface area contributed by atoms with E-state index in [1.165, 1.54) is 18.9 Å². The minimum Gasteiger partial charge on any atom is -0.462 e. The van der Waals surface area contributed by atoms with Crippen molar-refractivity contribution >= 4 is 28.2 Å². The van der Waals surface area contributed by atoms with Crippen LogP contribution in [0.2, 0.25) is 0 Å². The van der Waals surface area contributed by atoms with Crippen LogP contribution in [0.15, 0.2) is 43.0 Å². The normalized spacial score (nSPS) is 18.2. The molecule has 2 aliphatic heterocycles. The SMILES string of the molecule is [C-]#[N+]C[C@H]1CN(c2nc(OCCN(C)CC3CC3)nc3c2CCN(c2cc(C(F)F)cc4cccc(C)c24)C3)CCN1C(=O)C=C. The number of ether oxygens (including phenoxy) is 1. The van der Waals surface area contributed by atoms with Gasteiger partial charge in [-0.3, -0.25) is 4.79 Å². The molecule has 46 heavy (non-hydrogen) atoms. The van der Waals surface area contributed by atoms with Gasteiger partial charge in [-0.25, -0.2) is 15.4 Å². The van der Waals surface area contributed by atoms with Gasteiger partial charge >= 0.3 is 6.01 Å². The Morgan fingerprint density at radius 3 is 2.78 bits per heavy atom. The average molecular weight is 630 g/mol. The van der Waals surface area contributed by atoms with Crippen LogP contribution in [0, 0.1) is 19.4 Å². The summed E-state index contributed by atoms with van der Waals surface area (Å²) in [5.74, 6) is 1.36. The van der Waals surface area contributed by atoms with E-state index in [4.69, 9.17) is 21.3 Å². The summed E-state index contributed by atoms with van der Waals surface area (Å²) in [6, 6.07) is 8.98. The Bertz CT molecular complexity index is 1650. The van der Waals surface area contributed by atoms with E-state index in [0.717, 1.165) is 58.1 Å². The molecule has 0 N–H and O–H groups in total. The van der Waals surface area contributed by atoms with Crippen molar-refractivity contribution in [3.05, 3.63) is 76.8 Å². The predicted octanol–water partition coefficient (Wildman–Crippen LogP) is 5.28. The van der Waals surface area contributed by atoms with Gasteiger partial charge in [0.25, 0.3) is 6.43 Å². The number of carbonyl (C=O) groups excluding carboxylic acids is 1. The summed E-state index contributed by atoms with van der Waals surface area (Å²) in [5.41, 5.74) is 3.59. The highest BCUT2D eigenvalue weighted by molar-refractivity contribution is 5.97. The lowest BCUT2D eigenvalue weighted by Crippen LogP contribution is -2.56. The predicted molar refractivity (Wildman–Crippen MR) is 176 cm³/mol. The zero-order chi connectivity index (χ0) is 32.4. The Balaban J connectivity index is 1.33. The standard InChI is InChI=1S/C35H41F2N7O2/c1-5-31(45)44-14-13-43(21-27(44)19-38-3)34-28-11-12-42(30-18-26(33(36)37)17-25-8-6-7-23(2)32(25)30)22-29(28)39-35(40-34)46-16-15-41(4)20-24-9-10-24/h5-8,17-18,24,27,33H,1,9-16,19-22H2,2,4H3/t27-/m0/s1. The smallest absolute Gasteiger partial charge is 0.318 e. The molecule has 3 heterocycles. The molecule has 0 bridgehead atoms. The molecule has 1 amide bonds. The summed E-state index contributed by atoms with van der Waals surface area (Å²) in [4.78, 5) is 34.2. The lowest BCUT2D eigenvalue weighted by atomic mass is 9.97. The fourth-order valence-corrected chi connectivity index (χ4v) is 6.75. The lowest BCUT2D eigenvalue weighted by Gasteiger charge is -2.41. The van der Waals surface area contributed by atoms with Crippen molar-refractivity contribution in [3.63, 3.8) is 0 Å². The Hall–Kier alpha value is -4.30. The van der Waals surface area contributed by atoms with Crippen molar-refractivity contribution in [2.24, 2.45) is 5.92 Å². The Labute approximate surface area is 269 Å².